The van der Waals surface area contributed by atoms with Gasteiger partial charge in [-0.2, -0.15) is 4.98 Å². The highest BCUT2D eigenvalue weighted by molar-refractivity contribution is 6.03. The highest BCUT2D eigenvalue weighted by Gasteiger charge is 2.32. The van der Waals surface area contributed by atoms with Crippen LogP contribution in [-0.4, -0.2) is 88.3 Å². The third-order valence-corrected chi connectivity index (χ3v) is 3.85. The molecule has 0 unspecified atom stereocenters. The number of urea groups is 1. The molecule has 2 fully saturated rings. The summed E-state index contributed by atoms with van der Waals surface area (Å²) in [6.45, 7) is 2.50. The van der Waals surface area contributed by atoms with Crippen LogP contribution in [0.1, 0.15) is 5.89 Å². The van der Waals surface area contributed by atoms with Gasteiger partial charge in [-0.15, -0.1) is 0 Å². The van der Waals surface area contributed by atoms with Crippen molar-refractivity contribution in [2.24, 2.45) is 0 Å². The van der Waals surface area contributed by atoms with E-state index in [9.17, 15) is 19.5 Å². The first kappa shape index (κ1) is 16.2. The molecule has 1 aromatic rings. The molecule has 2 aliphatic rings. The zero-order valence-corrected chi connectivity index (χ0v) is 13.1. The average molecular weight is 338 g/mol. The number of aliphatic hydroxyl groups excluding tert-OH is 1. The van der Waals surface area contributed by atoms with Gasteiger partial charge in [-0.05, 0) is 5.16 Å². The SMILES string of the molecule is Cc1nc(N2CCN(C(=O)CN3CC(=O)NC3=O)C[C@@H](O)C2)no1. The maximum atomic E-state index is 12.4. The Morgan fingerprint density at radius 1 is 1.38 bits per heavy atom. The monoisotopic (exact) mass is 338 g/mol. The Morgan fingerprint density at radius 3 is 2.79 bits per heavy atom. The Kier molecular flexibility index (Phi) is 4.34. The van der Waals surface area contributed by atoms with Crippen molar-refractivity contribution in [3.8, 4) is 0 Å². The van der Waals surface area contributed by atoms with Crippen LogP contribution in [0.2, 0.25) is 0 Å². The first-order chi connectivity index (χ1) is 11.4. The van der Waals surface area contributed by atoms with Crippen LogP contribution in [0, 0.1) is 6.92 Å². The van der Waals surface area contributed by atoms with Crippen LogP contribution in [0.4, 0.5) is 10.7 Å². The molecule has 24 heavy (non-hydrogen) atoms. The summed E-state index contributed by atoms with van der Waals surface area (Å²) in [6, 6.07) is -0.576. The first-order valence-electron chi connectivity index (χ1n) is 7.52. The van der Waals surface area contributed by atoms with E-state index in [1.165, 1.54) is 4.90 Å². The predicted molar refractivity (Wildman–Crippen MR) is 78.9 cm³/mol. The summed E-state index contributed by atoms with van der Waals surface area (Å²) in [5, 5.41) is 16.1. The van der Waals surface area contributed by atoms with Crippen molar-refractivity contribution >= 4 is 23.8 Å². The number of aryl methyl sites for hydroxylation is 1. The molecular formula is C13H18N6O5. The zero-order chi connectivity index (χ0) is 17.3. The number of hydrogen-bond donors (Lipinski definition) is 2. The summed E-state index contributed by atoms with van der Waals surface area (Å²) in [4.78, 5) is 43.5. The number of nitrogens with one attached hydrogen (secondary N) is 1. The molecule has 2 aliphatic heterocycles. The molecule has 3 rings (SSSR count). The molecule has 0 radical (unpaired) electrons. The van der Waals surface area contributed by atoms with Gasteiger partial charge >= 0.3 is 6.03 Å². The third-order valence-electron chi connectivity index (χ3n) is 3.85. The van der Waals surface area contributed by atoms with Gasteiger partial charge in [0.05, 0.1) is 6.10 Å². The molecule has 11 nitrogen and oxygen atoms in total. The Hall–Kier alpha value is -2.69. The Bertz CT molecular complexity index is 661. The van der Waals surface area contributed by atoms with Gasteiger partial charge < -0.3 is 24.3 Å². The quantitative estimate of drug-likeness (QED) is 0.601. The minimum Gasteiger partial charge on any atom is -0.389 e. The van der Waals surface area contributed by atoms with E-state index < -0.39 is 18.0 Å². The number of anilines is 1. The molecule has 0 bridgehead atoms. The maximum absolute atomic E-state index is 12.4. The number of nitrogens with zero attached hydrogens (tertiary/aromatic N) is 5. The molecule has 2 N–H and O–H groups in total. The molecular weight excluding hydrogens is 320 g/mol. The number of amides is 4. The van der Waals surface area contributed by atoms with E-state index in [4.69, 9.17) is 4.52 Å². The fraction of sp³-hybridized carbons (Fsp3) is 0.615. The van der Waals surface area contributed by atoms with Crippen molar-refractivity contribution < 1.29 is 24.0 Å². The highest BCUT2D eigenvalue weighted by Crippen LogP contribution is 2.13. The van der Waals surface area contributed by atoms with Gasteiger partial charge in [0.25, 0.3) is 5.95 Å². The Morgan fingerprint density at radius 2 is 2.17 bits per heavy atom. The van der Waals surface area contributed by atoms with E-state index in [0.29, 0.717) is 24.9 Å². The summed E-state index contributed by atoms with van der Waals surface area (Å²) in [7, 11) is 0. The fourth-order valence-electron chi connectivity index (χ4n) is 2.69. The van der Waals surface area contributed by atoms with Crippen molar-refractivity contribution in [1.29, 1.82) is 0 Å². The number of carbonyl (C=O) groups is 3. The van der Waals surface area contributed by atoms with Crippen LogP contribution in [0.25, 0.3) is 0 Å². The summed E-state index contributed by atoms with van der Waals surface area (Å²) >= 11 is 0. The lowest BCUT2D eigenvalue weighted by Gasteiger charge is -2.23. The van der Waals surface area contributed by atoms with Crippen LogP contribution < -0.4 is 10.2 Å². The van der Waals surface area contributed by atoms with Crippen LogP contribution in [0.5, 0.6) is 0 Å². The largest absolute Gasteiger partial charge is 0.389 e. The van der Waals surface area contributed by atoms with Gasteiger partial charge in [-0.3, -0.25) is 14.9 Å². The molecule has 0 saturated carbocycles. The standard InChI is InChI=1S/C13H18N6O5/c1-8-14-12(16-24-8)18-3-2-17(4-9(20)5-18)11(22)7-19-6-10(21)15-13(19)23/h9,20H,2-7H2,1H3,(H,15,21,23)/t9-/m1/s1. The predicted octanol–water partition coefficient (Wildman–Crippen LogP) is -2.06. The van der Waals surface area contributed by atoms with Crippen LogP contribution in [0.3, 0.4) is 0 Å². The second-order valence-corrected chi connectivity index (χ2v) is 5.76. The van der Waals surface area contributed by atoms with Crippen molar-refractivity contribution in [2.75, 3.05) is 44.2 Å². The number of β-amino-alcohol motifs (C(OH)–C–C–N with tert-alkyl or cyclic N) is 1. The first-order valence-corrected chi connectivity index (χ1v) is 7.52. The normalized spacial score (nSPS) is 21.9. The van der Waals surface area contributed by atoms with E-state index >= 15 is 0 Å². The van der Waals surface area contributed by atoms with E-state index in [-0.39, 0.29) is 32.1 Å². The van der Waals surface area contributed by atoms with Crippen LogP contribution in [-0.2, 0) is 9.59 Å². The van der Waals surface area contributed by atoms with Crippen LogP contribution >= 0.6 is 0 Å². The van der Waals surface area contributed by atoms with Crippen molar-refractivity contribution in [2.45, 2.75) is 13.0 Å². The fourth-order valence-corrected chi connectivity index (χ4v) is 2.69. The number of carbonyl (C=O) groups excluding carboxylic acids is 3. The number of rotatable bonds is 3. The second kappa shape index (κ2) is 6.43. The third kappa shape index (κ3) is 3.45. The van der Waals surface area contributed by atoms with Crippen molar-refractivity contribution in [3.05, 3.63) is 5.89 Å². The number of hydrogen-bond acceptors (Lipinski definition) is 8. The molecule has 1 atom stereocenters. The molecule has 0 aliphatic carbocycles. The average Bonchev–Trinajstić information content (AvgIpc) is 3.00. The summed E-state index contributed by atoms with van der Waals surface area (Å²) in [5.74, 6) is 0.0270. The second-order valence-electron chi connectivity index (χ2n) is 5.76. The molecule has 0 spiro atoms. The van der Waals surface area contributed by atoms with Gasteiger partial charge in [0.2, 0.25) is 17.7 Å². The van der Waals surface area contributed by atoms with Gasteiger partial charge in [0.1, 0.15) is 13.1 Å². The lowest BCUT2D eigenvalue weighted by atomic mass is 10.3. The van der Waals surface area contributed by atoms with Gasteiger partial charge in [0, 0.05) is 33.1 Å². The highest BCUT2D eigenvalue weighted by atomic mass is 16.5. The lowest BCUT2D eigenvalue weighted by molar-refractivity contribution is -0.132. The van der Waals surface area contributed by atoms with E-state index in [2.05, 4.69) is 15.5 Å². The molecule has 130 valence electrons. The van der Waals surface area contributed by atoms with Crippen molar-refractivity contribution in [1.82, 2.24) is 25.3 Å². The van der Waals surface area contributed by atoms with Crippen LogP contribution in [0.15, 0.2) is 4.52 Å². The number of aromatic nitrogens is 2. The molecule has 2 saturated heterocycles. The summed E-state index contributed by atoms with van der Waals surface area (Å²) in [6.07, 6.45) is -0.788. The van der Waals surface area contributed by atoms with E-state index in [1.54, 1.807) is 11.8 Å². The van der Waals surface area contributed by atoms with Gasteiger partial charge in [-0.1, -0.05) is 0 Å². The molecule has 0 aromatic carbocycles. The van der Waals surface area contributed by atoms with Gasteiger partial charge in [0.15, 0.2) is 0 Å². The Labute approximate surface area is 137 Å². The molecule has 3 heterocycles. The summed E-state index contributed by atoms with van der Waals surface area (Å²) < 4.78 is 4.93. The maximum Gasteiger partial charge on any atom is 0.325 e. The van der Waals surface area contributed by atoms with Crippen molar-refractivity contribution in [3.63, 3.8) is 0 Å². The molecule has 1 aromatic heterocycles. The topological polar surface area (TPSA) is 132 Å². The number of imide groups is 1. The van der Waals surface area contributed by atoms with E-state index in [1.807, 2.05) is 0 Å². The minimum absolute atomic E-state index is 0.130. The minimum atomic E-state index is -0.788. The van der Waals surface area contributed by atoms with E-state index in [0.717, 1.165) is 4.90 Å². The molecule has 11 heteroatoms. The number of aliphatic hydroxyl groups is 1. The zero-order valence-electron chi connectivity index (χ0n) is 13.1. The smallest absolute Gasteiger partial charge is 0.325 e. The van der Waals surface area contributed by atoms with Gasteiger partial charge in [-0.25, -0.2) is 4.79 Å². The lowest BCUT2D eigenvalue weighted by Crippen LogP contribution is -2.44. The summed E-state index contributed by atoms with van der Waals surface area (Å²) in [5.41, 5.74) is 0. The Balaban J connectivity index is 1.61. The molecule has 4 amide bonds.